The third kappa shape index (κ3) is 26.0. The van der Waals surface area contributed by atoms with Gasteiger partial charge in [0.15, 0.2) is 5.79 Å². The first-order valence-electron chi connectivity index (χ1n) is 19.8. The van der Waals surface area contributed by atoms with Crippen LogP contribution in [-0.4, -0.2) is 209 Å². The van der Waals surface area contributed by atoms with Crippen molar-refractivity contribution in [3.05, 3.63) is 0 Å². The highest BCUT2D eigenvalue weighted by molar-refractivity contribution is 4.92. The van der Waals surface area contributed by atoms with E-state index in [1.54, 1.807) is 14.2 Å². The van der Waals surface area contributed by atoms with Crippen molar-refractivity contribution in [2.45, 2.75) is 56.8 Å². The summed E-state index contributed by atoms with van der Waals surface area (Å²) in [5, 5.41) is 25.8. The third-order valence-corrected chi connectivity index (χ3v) is 10.2. The van der Waals surface area contributed by atoms with E-state index in [1.165, 1.54) is 12.8 Å². The minimum Gasteiger partial charge on any atom is -0.396 e. The number of rotatable bonds is 13. The molecule has 312 valence electrons. The number of likely N-dealkylation sites (N-methyl/N-ethyl adjacent to an activating group) is 1. The molecule has 0 aromatic heterocycles. The number of ether oxygens (including phenoxy) is 2. The van der Waals surface area contributed by atoms with Crippen LogP contribution in [0.5, 0.6) is 0 Å². The molecule has 0 spiro atoms. The monoisotopic (exact) mass is 770 g/mol. The molecule has 4 rings (SSSR count). The maximum absolute atomic E-state index is 8.74. The standard InChI is InChI=1S/C10H17NO2.C10H17NO.C9H16N2O.C8H14N2.C6H11NO/c1-4-7-11-8-5-10(12-2,13-3)6-9-11;1-2-6-11-7-3-10(4-8-11)5-9-12;1-2-3-10-4-6-11(7-5-10)8-9-12;1-2-5-10-6-3-8(9)4-7-10;1-3-4-7(2)5-6-8/h1H,5-9H2,2-3H3;1,10,12H,3-9H2;1,12H,3-9H2;1,8H,3-7,9H2;1,8H,4-6H2,2H3. The lowest BCUT2D eigenvalue weighted by atomic mass is 9.94. The molecule has 0 unspecified atom stereocenters. The molecule has 4 heterocycles. The van der Waals surface area contributed by atoms with Gasteiger partial charge in [-0.3, -0.25) is 29.4 Å². The van der Waals surface area contributed by atoms with Crippen LogP contribution < -0.4 is 5.73 Å². The van der Waals surface area contributed by atoms with Gasteiger partial charge < -0.3 is 30.5 Å². The van der Waals surface area contributed by atoms with Crippen molar-refractivity contribution in [3.63, 3.8) is 0 Å². The van der Waals surface area contributed by atoms with Gasteiger partial charge in [-0.1, -0.05) is 29.6 Å². The zero-order valence-electron chi connectivity index (χ0n) is 34.6. The number of likely N-dealkylation sites (tertiary alicyclic amines) is 3. The highest BCUT2D eigenvalue weighted by Gasteiger charge is 2.34. The van der Waals surface area contributed by atoms with Crippen molar-refractivity contribution in [2.24, 2.45) is 11.7 Å². The molecule has 4 aliphatic heterocycles. The minimum absolute atomic E-state index is 0.179. The molecule has 55 heavy (non-hydrogen) atoms. The maximum atomic E-state index is 8.74. The fraction of sp³-hybridized carbons (Fsp3) is 0.767. The summed E-state index contributed by atoms with van der Waals surface area (Å²) in [6.07, 6.45) is 33.2. The summed E-state index contributed by atoms with van der Waals surface area (Å²) in [5.74, 6) is 13.4. The van der Waals surface area contributed by atoms with E-state index in [0.29, 0.717) is 25.7 Å². The Morgan fingerprint density at radius 3 is 1.40 bits per heavy atom. The lowest BCUT2D eigenvalue weighted by Crippen LogP contribution is -2.47. The SMILES string of the molecule is C#CCN(C)CCO.C#CCN1CCC(CCO)CC1.C#CCN1CCC(N)CC1.C#CCN1CCC(OC)(OC)CC1.C#CCN1CCN(CCO)CC1. The molecule has 12 heteroatoms. The van der Waals surface area contributed by atoms with Crippen LogP contribution in [0.1, 0.15) is 44.9 Å². The molecular formula is C43H75N7O5. The molecule has 4 fully saturated rings. The molecule has 0 saturated carbocycles. The molecule has 4 aliphatic rings. The Labute approximate surface area is 336 Å². The molecule has 0 aliphatic carbocycles. The number of aliphatic hydroxyl groups is 3. The van der Waals surface area contributed by atoms with Gasteiger partial charge >= 0.3 is 0 Å². The summed E-state index contributed by atoms with van der Waals surface area (Å²) in [7, 11) is 5.26. The van der Waals surface area contributed by atoms with E-state index in [0.717, 1.165) is 136 Å². The second kappa shape index (κ2) is 34.6. The Kier molecular flexibility index (Phi) is 32.9. The van der Waals surface area contributed by atoms with Crippen LogP contribution in [0, 0.1) is 67.6 Å². The van der Waals surface area contributed by atoms with Crippen LogP contribution in [0.3, 0.4) is 0 Å². The van der Waals surface area contributed by atoms with Crippen molar-refractivity contribution in [3.8, 4) is 61.7 Å². The predicted molar refractivity (Wildman–Crippen MR) is 226 cm³/mol. The zero-order valence-corrected chi connectivity index (χ0v) is 34.6. The van der Waals surface area contributed by atoms with Crippen LogP contribution in [0.4, 0.5) is 0 Å². The Balaban J connectivity index is 0.000000669. The van der Waals surface area contributed by atoms with E-state index < -0.39 is 0 Å². The average molecular weight is 770 g/mol. The Morgan fingerprint density at radius 1 is 0.600 bits per heavy atom. The average Bonchev–Trinajstić information content (AvgIpc) is 3.20. The van der Waals surface area contributed by atoms with Gasteiger partial charge in [-0.05, 0) is 58.2 Å². The van der Waals surface area contributed by atoms with E-state index in [1.807, 2.05) is 11.9 Å². The maximum Gasteiger partial charge on any atom is 0.169 e. The Hall–Kier alpha value is -2.68. The lowest BCUT2D eigenvalue weighted by Gasteiger charge is -2.38. The van der Waals surface area contributed by atoms with Gasteiger partial charge in [0.1, 0.15) is 0 Å². The van der Waals surface area contributed by atoms with Crippen molar-refractivity contribution in [1.29, 1.82) is 0 Å². The number of β-amino-alcohol motifs (C(OH)–C–C–N with tert-alkyl or cyclic N) is 1. The summed E-state index contributed by atoms with van der Waals surface area (Å²) >= 11 is 0. The van der Waals surface area contributed by atoms with Gasteiger partial charge in [-0.2, -0.15) is 0 Å². The molecule has 0 aromatic carbocycles. The Bertz CT molecular complexity index is 1080. The van der Waals surface area contributed by atoms with E-state index >= 15 is 0 Å². The second-order valence-electron chi connectivity index (χ2n) is 14.3. The van der Waals surface area contributed by atoms with E-state index in [4.69, 9.17) is 62.6 Å². The number of hydrogen-bond acceptors (Lipinski definition) is 12. The number of hydrogen-bond donors (Lipinski definition) is 4. The first-order valence-corrected chi connectivity index (χ1v) is 19.8. The number of nitrogens with zero attached hydrogens (tertiary/aromatic N) is 6. The van der Waals surface area contributed by atoms with Gasteiger partial charge in [0.05, 0.1) is 45.9 Å². The molecule has 0 atom stereocenters. The molecule has 4 saturated heterocycles. The van der Waals surface area contributed by atoms with E-state index in [-0.39, 0.29) is 19.0 Å². The van der Waals surface area contributed by atoms with E-state index in [9.17, 15) is 0 Å². The first kappa shape index (κ1) is 52.3. The predicted octanol–water partition coefficient (Wildman–Crippen LogP) is 0.234. The highest BCUT2D eigenvalue weighted by atomic mass is 16.7. The van der Waals surface area contributed by atoms with Gasteiger partial charge in [0.2, 0.25) is 0 Å². The van der Waals surface area contributed by atoms with Crippen molar-refractivity contribution < 1.29 is 24.8 Å². The number of nitrogens with two attached hydrogens (primary N) is 1. The molecular weight excluding hydrogens is 695 g/mol. The third-order valence-electron chi connectivity index (χ3n) is 10.2. The molecule has 5 N–H and O–H groups in total. The minimum atomic E-state index is -0.370. The van der Waals surface area contributed by atoms with Crippen LogP contribution >= 0.6 is 0 Å². The molecule has 0 radical (unpaired) electrons. The molecule has 0 bridgehead atoms. The summed E-state index contributed by atoms with van der Waals surface area (Å²) in [4.78, 5) is 13.2. The highest BCUT2D eigenvalue weighted by Crippen LogP contribution is 2.26. The van der Waals surface area contributed by atoms with Gasteiger partial charge in [0, 0.05) is 105 Å². The fourth-order valence-electron chi connectivity index (χ4n) is 6.50. The zero-order chi connectivity index (χ0) is 41.2. The second-order valence-corrected chi connectivity index (χ2v) is 14.3. The summed E-state index contributed by atoms with van der Waals surface area (Å²) in [5.41, 5.74) is 5.71. The van der Waals surface area contributed by atoms with Crippen LogP contribution in [0.25, 0.3) is 0 Å². The number of aliphatic hydroxyl groups excluding tert-OH is 3. The number of terminal acetylenes is 5. The quantitative estimate of drug-likeness (QED) is 0.152. The number of methoxy groups -OCH3 is 2. The van der Waals surface area contributed by atoms with Gasteiger partial charge in [-0.25, -0.2) is 0 Å². The van der Waals surface area contributed by atoms with Crippen LogP contribution in [0.2, 0.25) is 0 Å². The molecule has 12 nitrogen and oxygen atoms in total. The van der Waals surface area contributed by atoms with Crippen LogP contribution in [0.15, 0.2) is 0 Å². The van der Waals surface area contributed by atoms with Crippen molar-refractivity contribution >= 4 is 0 Å². The Morgan fingerprint density at radius 2 is 1.02 bits per heavy atom. The lowest BCUT2D eigenvalue weighted by molar-refractivity contribution is -0.228. The first-order chi connectivity index (χ1) is 26.6. The normalized spacial score (nSPS) is 19.8. The van der Waals surface area contributed by atoms with Crippen molar-refractivity contribution in [1.82, 2.24) is 29.4 Å². The molecule has 0 amide bonds. The number of piperazine rings is 1. The topological polar surface area (TPSA) is 125 Å². The summed E-state index contributed by atoms with van der Waals surface area (Å²) < 4.78 is 10.7. The molecule has 0 aromatic rings. The largest absolute Gasteiger partial charge is 0.396 e. The summed E-state index contributed by atoms with van der Waals surface area (Å²) in [6, 6.07) is 0.411. The van der Waals surface area contributed by atoms with Crippen molar-refractivity contribution in [2.75, 3.05) is 152 Å². The summed E-state index contributed by atoms with van der Waals surface area (Å²) in [6.45, 7) is 16.3. The van der Waals surface area contributed by atoms with Gasteiger partial charge in [0.25, 0.3) is 0 Å². The number of piperidine rings is 3. The van der Waals surface area contributed by atoms with Crippen LogP contribution in [-0.2, 0) is 9.47 Å². The fourth-order valence-corrected chi connectivity index (χ4v) is 6.50. The van der Waals surface area contributed by atoms with E-state index in [2.05, 4.69) is 54.1 Å². The van der Waals surface area contributed by atoms with Gasteiger partial charge in [-0.15, -0.1) is 32.1 Å². The smallest absolute Gasteiger partial charge is 0.169 e.